The average Bonchev–Trinajstić information content (AvgIpc) is 2.62. The van der Waals surface area contributed by atoms with Crippen LogP contribution in [0.25, 0.3) is 0 Å². The summed E-state index contributed by atoms with van der Waals surface area (Å²) in [4.78, 5) is 24.4. The summed E-state index contributed by atoms with van der Waals surface area (Å²) < 4.78 is 23.8. The number of carbonyl (C=O) groups excluding carboxylic acids is 2. The number of carbonyl (C=O) groups is 2. The summed E-state index contributed by atoms with van der Waals surface area (Å²) in [5.41, 5.74) is 3.75. The Morgan fingerprint density at radius 2 is 1.54 bits per heavy atom. The maximum Gasteiger partial charge on any atom is 0.281 e. The Morgan fingerprint density at radius 3 is 2.12 bits per heavy atom. The van der Waals surface area contributed by atoms with Crippen molar-refractivity contribution in [3.63, 3.8) is 0 Å². The minimum absolute atomic E-state index is 0.337. The largest absolute Gasteiger partial charge is 0.494 e. The summed E-state index contributed by atoms with van der Waals surface area (Å²) in [5.74, 6) is -0.436. The highest BCUT2D eigenvalue weighted by molar-refractivity contribution is 5.96. The Kier molecular flexibility index (Phi) is 6.16. The van der Waals surface area contributed by atoms with Crippen LogP contribution in [0.3, 0.4) is 0 Å². The summed E-state index contributed by atoms with van der Waals surface area (Å²) in [6, 6.07) is 11.8. The van der Waals surface area contributed by atoms with E-state index in [2.05, 4.69) is 10.9 Å². The van der Waals surface area contributed by atoms with E-state index >= 15 is 0 Å². The van der Waals surface area contributed by atoms with Gasteiger partial charge in [0, 0.05) is 5.56 Å². The molecule has 0 unspecified atom stereocenters. The van der Waals surface area contributed by atoms with Gasteiger partial charge in [0.15, 0.2) is 5.60 Å². The van der Waals surface area contributed by atoms with Gasteiger partial charge in [-0.05, 0) is 69.3 Å². The van der Waals surface area contributed by atoms with Gasteiger partial charge in [0.1, 0.15) is 17.3 Å². The lowest BCUT2D eigenvalue weighted by atomic mass is 10.1. The van der Waals surface area contributed by atoms with Gasteiger partial charge < -0.3 is 9.47 Å². The monoisotopic (exact) mass is 360 g/mol. The quantitative estimate of drug-likeness (QED) is 0.777. The minimum Gasteiger partial charge on any atom is -0.494 e. The lowest BCUT2D eigenvalue weighted by Gasteiger charge is -2.25. The molecule has 0 spiro atoms. The van der Waals surface area contributed by atoms with E-state index in [1.165, 1.54) is 38.1 Å². The number of rotatable bonds is 6. The number of nitrogens with one attached hydrogen (secondary N) is 2. The fourth-order valence-corrected chi connectivity index (χ4v) is 2.05. The second-order valence-electron chi connectivity index (χ2n) is 5.93. The predicted molar refractivity (Wildman–Crippen MR) is 94.3 cm³/mol. The highest BCUT2D eigenvalue weighted by Crippen LogP contribution is 2.18. The van der Waals surface area contributed by atoms with E-state index in [-0.39, 0.29) is 0 Å². The molecule has 0 aliphatic heterocycles. The smallest absolute Gasteiger partial charge is 0.281 e. The Morgan fingerprint density at radius 1 is 0.962 bits per heavy atom. The molecule has 0 saturated carbocycles. The zero-order valence-electron chi connectivity index (χ0n) is 14.8. The molecular weight excluding hydrogens is 339 g/mol. The molecule has 0 saturated heterocycles. The van der Waals surface area contributed by atoms with Crippen LogP contribution in [0.5, 0.6) is 11.5 Å². The SMILES string of the molecule is CCOc1ccc(C(=O)NNC(=O)C(C)(C)Oc2ccc(F)cc2)cc1. The van der Waals surface area contributed by atoms with Gasteiger partial charge in [-0.15, -0.1) is 0 Å². The topological polar surface area (TPSA) is 76.7 Å². The van der Waals surface area contributed by atoms with Gasteiger partial charge >= 0.3 is 0 Å². The fourth-order valence-electron chi connectivity index (χ4n) is 2.05. The first-order valence-electron chi connectivity index (χ1n) is 8.10. The summed E-state index contributed by atoms with van der Waals surface area (Å²) >= 11 is 0. The number of benzene rings is 2. The van der Waals surface area contributed by atoms with E-state index in [0.29, 0.717) is 23.7 Å². The molecular formula is C19H21FN2O4. The molecule has 7 heteroatoms. The zero-order valence-corrected chi connectivity index (χ0v) is 14.8. The maximum atomic E-state index is 12.9. The van der Waals surface area contributed by atoms with Gasteiger partial charge in [0.25, 0.3) is 11.8 Å². The normalized spacial score (nSPS) is 10.8. The molecule has 2 amide bonds. The van der Waals surface area contributed by atoms with Crippen molar-refractivity contribution in [2.45, 2.75) is 26.4 Å². The minimum atomic E-state index is -1.27. The molecule has 0 bridgehead atoms. The van der Waals surface area contributed by atoms with Crippen molar-refractivity contribution >= 4 is 11.8 Å². The van der Waals surface area contributed by atoms with Crippen molar-refractivity contribution in [3.05, 3.63) is 59.9 Å². The van der Waals surface area contributed by atoms with Crippen LogP contribution in [-0.4, -0.2) is 24.0 Å². The van der Waals surface area contributed by atoms with E-state index in [1.54, 1.807) is 24.3 Å². The second-order valence-corrected chi connectivity index (χ2v) is 5.93. The predicted octanol–water partition coefficient (Wildman–Crippen LogP) is 2.84. The van der Waals surface area contributed by atoms with Crippen LogP contribution in [0, 0.1) is 5.82 Å². The standard InChI is InChI=1S/C19H21FN2O4/c1-4-25-15-9-5-13(6-10-15)17(23)21-22-18(24)19(2,3)26-16-11-7-14(20)8-12-16/h5-12H,4H2,1-3H3,(H,21,23)(H,22,24). The third kappa shape index (κ3) is 5.20. The third-order valence-corrected chi connectivity index (χ3v) is 3.45. The van der Waals surface area contributed by atoms with Crippen molar-refractivity contribution in [1.82, 2.24) is 10.9 Å². The van der Waals surface area contributed by atoms with Gasteiger partial charge in [-0.25, -0.2) is 4.39 Å². The van der Waals surface area contributed by atoms with Crippen molar-refractivity contribution in [1.29, 1.82) is 0 Å². The van der Waals surface area contributed by atoms with Crippen molar-refractivity contribution in [2.75, 3.05) is 6.61 Å². The van der Waals surface area contributed by atoms with Crippen LogP contribution in [0.4, 0.5) is 4.39 Å². The summed E-state index contributed by atoms with van der Waals surface area (Å²) in [6.07, 6.45) is 0. The molecule has 2 rings (SSSR count). The van der Waals surface area contributed by atoms with Crippen molar-refractivity contribution in [2.24, 2.45) is 0 Å². The molecule has 0 aliphatic carbocycles. The van der Waals surface area contributed by atoms with Gasteiger partial charge in [0.05, 0.1) is 6.61 Å². The van der Waals surface area contributed by atoms with Crippen LogP contribution in [0.15, 0.2) is 48.5 Å². The molecule has 0 aliphatic rings. The molecule has 0 radical (unpaired) electrons. The molecule has 26 heavy (non-hydrogen) atoms. The number of hydrogen-bond acceptors (Lipinski definition) is 4. The number of amides is 2. The highest BCUT2D eigenvalue weighted by Gasteiger charge is 2.30. The summed E-state index contributed by atoms with van der Waals surface area (Å²) in [5, 5.41) is 0. The Hall–Kier alpha value is -3.09. The Labute approximate surface area is 151 Å². The number of ether oxygens (including phenoxy) is 2. The molecule has 2 aromatic rings. The van der Waals surface area contributed by atoms with Crippen LogP contribution in [0.2, 0.25) is 0 Å². The Bertz CT molecular complexity index is 758. The van der Waals surface area contributed by atoms with Crippen molar-refractivity contribution < 1.29 is 23.5 Å². The van der Waals surface area contributed by atoms with E-state index in [9.17, 15) is 14.0 Å². The van der Waals surface area contributed by atoms with Gasteiger partial charge in [-0.1, -0.05) is 0 Å². The number of hydrogen-bond donors (Lipinski definition) is 2. The first-order valence-corrected chi connectivity index (χ1v) is 8.10. The number of hydrazine groups is 1. The van der Waals surface area contributed by atoms with E-state index in [0.717, 1.165) is 0 Å². The van der Waals surface area contributed by atoms with Crippen LogP contribution >= 0.6 is 0 Å². The molecule has 2 N–H and O–H groups in total. The second kappa shape index (κ2) is 8.33. The van der Waals surface area contributed by atoms with Crippen LogP contribution in [0.1, 0.15) is 31.1 Å². The third-order valence-electron chi connectivity index (χ3n) is 3.45. The summed E-state index contributed by atoms with van der Waals surface area (Å²) in [6.45, 7) is 5.47. The molecule has 0 atom stereocenters. The van der Waals surface area contributed by atoms with E-state index in [1.807, 2.05) is 6.92 Å². The first kappa shape index (κ1) is 19.2. The molecule has 0 fully saturated rings. The number of halogens is 1. The molecule has 138 valence electrons. The molecule has 0 aromatic heterocycles. The Balaban J connectivity index is 1.91. The van der Waals surface area contributed by atoms with Crippen molar-refractivity contribution in [3.8, 4) is 11.5 Å². The van der Waals surface area contributed by atoms with E-state index in [4.69, 9.17) is 9.47 Å². The lowest BCUT2D eigenvalue weighted by molar-refractivity contribution is -0.135. The highest BCUT2D eigenvalue weighted by atomic mass is 19.1. The summed E-state index contributed by atoms with van der Waals surface area (Å²) in [7, 11) is 0. The average molecular weight is 360 g/mol. The lowest BCUT2D eigenvalue weighted by Crippen LogP contribution is -2.53. The van der Waals surface area contributed by atoms with Gasteiger partial charge in [-0.3, -0.25) is 20.4 Å². The van der Waals surface area contributed by atoms with E-state index < -0.39 is 23.2 Å². The molecule has 2 aromatic carbocycles. The van der Waals surface area contributed by atoms with Crippen LogP contribution < -0.4 is 20.3 Å². The van der Waals surface area contributed by atoms with Gasteiger partial charge in [0.2, 0.25) is 0 Å². The maximum absolute atomic E-state index is 12.9. The fraction of sp³-hybridized carbons (Fsp3) is 0.263. The zero-order chi connectivity index (χ0) is 19.2. The molecule has 6 nitrogen and oxygen atoms in total. The molecule has 0 heterocycles. The first-order chi connectivity index (χ1) is 12.3. The van der Waals surface area contributed by atoms with Crippen LogP contribution in [-0.2, 0) is 4.79 Å². The van der Waals surface area contributed by atoms with Gasteiger partial charge in [-0.2, -0.15) is 0 Å².